The van der Waals surface area contributed by atoms with Crippen molar-refractivity contribution < 1.29 is 28.8 Å². The van der Waals surface area contributed by atoms with Gasteiger partial charge in [0.25, 0.3) is 0 Å². The van der Waals surface area contributed by atoms with Gasteiger partial charge in [-0.3, -0.25) is 0 Å². The molecule has 1 N–H and O–H groups in total. The van der Waals surface area contributed by atoms with E-state index in [1.165, 1.54) is 0 Å². The zero-order valence-electron chi connectivity index (χ0n) is 17.8. The lowest BCUT2D eigenvalue weighted by Crippen LogP contribution is -2.64. The van der Waals surface area contributed by atoms with Crippen LogP contribution in [-0.2, 0) is 23.7 Å². The Balaban J connectivity index is 2.18. The van der Waals surface area contributed by atoms with Crippen molar-refractivity contribution in [3.05, 3.63) is 0 Å². The van der Waals surface area contributed by atoms with Crippen molar-refractivity contribution in [3.8, 4) is 0 Å². The van der Waals surface area contributed by atoms with Gasteiger partial charge in [-0.2, -0.15) is 0 Å². The second-order valence-electron chi connectivity index (χ2n) is 8.12. The van der Waals surface area contributed by atoms with Crippen LogP contribution in [0.5, 0.6) is 0 Å². The summed E-state index contributed by atoms with van der Waals surface area (Å²) in [6, 6.07) is 0. The zero-order chi connectivity index (χ0) is 19.9. The van der Waals surface area contributed by atoms with Crippen molar-refractivity contribution in [1.82, 2.24) is 0 Å². The van der Waals surface area contributed by atoms with E-state index in [0.29, 0.717) is 19.8 Å². The molecule has 27 heavy (non-hydrogen) atoms. The Morgan fingerprint density at radius 1 is 0.704 bits per heavy atom. The summed E-state index contributed by atoms with van der Waals surface area (Å²) in [5, 5.41) is 11.1. The molecule has 2 rings (SSSR count). The standard InChI is InChI=1S/C21H40O6/c1-6-9-12-23-16-15(22)17(24-13-10-7-2)19-20(27-21(4,5)26-19)18(16)25-14-11-8-3/h15-20,22H,6-14H2,1-5H3/t15-,16-,17?,18?,19-,20+/m0/s1. The molecule has 6 nitrogen and oxygen atoms in total. The molecule has 1 aliphatic carbocycles. The van der Waals surface area contributed by atoms with E-state index >= 15 is 0 Å². The average molecular weight is 389 g/mol. The van der Waals surface area contributed by atoms with Crippen LogP contribution in [0.15, 0.2) is 0 Å². The molecule has 0 amide bonds. The minimum atomic E-state index is -0.802. The summed E-state index contributed by atoms with van der Waals surface area (Å²) < 4.78 is 30.7. The van der Waals surface area contributed by atoms with E-state index in [2.05, 4.69) is 20.8 Å². The van der Waals surface area contributed by atoms with Crippen LogP contribution in [0.2, 0.25) is 0 Å². The number of ether oxygens (including phenoxy) is 5. The summed E-state index contributed by atoms with van der Waals surface area (Å²) in [6.07, 6.45) is 3.22. The van der Waals surface area contributed by atoms with Crippen molar-refractivity contribution in [2.75, 3.05) is 19.8 Å². The molecule has 1 saturated carbocycles. The van der Waals surface area contributed by atoms with Gasteiger partial charge in [0.1, 0.15) is 36.6 Å². The molecule has 0 aromatic rings. The number of unbranched alkanes of at least 4 members (excludes halogenated alkanes) is 3. The first-order chi connectivity index (χ1) is 12.9. The lowest BCUT2D eigenvalue weighted by Gasteiger charge is -2.44. The highest BCUT2D eigenvalue weighted by Gasteiger charge is 2.59. The summed E-state index contributed by atoms with van der Waals surface area (Å²) in [5.74, 6) is -0.730. The second kappa shape index (κ2) is 11.1. The Hall–Kier alpha value is -0.240. The fraction of sp³-hybridized carbons (Fsp3) is 1.00. The normalized spacial score (nSPS) is 35.3. The van der Waals surface area contributed by atoms with Gasteiger partial charge in [-0.15, -0.1) is 0 Å². The van der Waals surface area contributed by atoms with Crippen LogP contribution in [0.25, 0.3) is 0 Å². The van der Waals surface area contributed by atoms with Gasteiger partial charge in [0.2, 0.25) is 0 Å². The molecule has 2 fully saturated rings. The molecule has 0 radical (unpaired) electrons. The van der Waals surface area contributed by atoms with Gasteiger partial charge in [-0.1, -0.05) is 40.0 Å². The molecule has 0 bridgehead atoms. The zero-order valence-corrected chi connectivity index (χ0v) is 17.8. The van der Waals surface area contributed by atoms with E-state index in [9.17, 15) is 5.11 Å². The fourth-order valence-corrected chi connectivity index (χ4v) is 3.76. The molecule has 6 atom stereocenters. The number of hydrogen-bond acceptors (Lipinski definition) is 6. The summed E-state index contributed by atoms with van der Waals surface area (Å²) in [5.41, 5.74) is 0. The minimum Gasteiger partial charge on any atom is -0.387 e. The third kappa shape index (κ3) is 6.12. The number of aliphatic hydroxyl groups excluding tert-OH is 1. The van der Waals surface area contributed by atoms with Gasteiger partial charge in [0.15, 0.2) is 5.79 Å². The number of fused-ring (bicyclic) bond motifs is 1. The molecule has 160 valence electrons. The molecule has 2 aliphatic rings. The van der Waals surface area contributed by atoms with Crippen LogP contribution < -0.4 is 0 Å². The van der Waals surface area contributed by atoms with E-state index < -0.39 is 24.1 Å². The van der Waals surface area contributed by atoms with Crippen LogP contribution in [0.4, 0.5) is 0 Å². The predicted octanol–water partition coefficient (Wildman–Crippen LogP) is 3.44. The Morgan fingerprint density at radius 3 is 1.59 bits per heavy atom. The van der Waals surface area contributed by atoms with Crippen molar-refractivity contribution in [2.45, 2.75) is 116 Å². The third-order valence-electron chi connectivity index (χ3n) is 5.23. The highest BCUT2D eigenvalue weighted by molar-refractivity contribution is 5.06. The van der Waals surface area contributed by atoms with Crippen LogP contribution >= 0.6 is 0 Å². The number of aliphatic hydroxyl groups is 1. The Morgan fingerprint density at radius 2 is 1.11 bits per heavy atom. The van der Waals surface area contributed by atoms with Crippen LogP contribution in [0.1, 0.15) is 73.1 Å². The van der Waals surface area contributed by atoms with Gasteiger partial charge < -0.3 is 28.8 Å². The van der Waals surface area contributed by atoms with Gasteiger partial charge in [0.05, 0.1) is 0 Å². The van der Waals surface area contributed by atoms with Crippen molar-refractivity contribution in [3.63, 3.8) is 0 Å². The molecule has 1 aliphatic heterocycles. The van der Waals surface area contributed by atoms with E-state index in [-0.39, 0.29) is 18.3 Å². The highest BCUT2D eigenvalue weighted by atomic mass is 16.8. The van der Waals surface area contributed by atoms with E-state index in [1.807, 2.05) is 13.8 Å². The summed E-state index contributed by atoms with van der Waals surface area (Å²) >= 11 is 0. The van der Waals surface area contributed by atoms with E-state index in [4.69, 9.17) is 23.7 Å². The predicted molar refractivity (Wildman–Crippen MR) is 104 cm³/mol. The Labute approximate surface area is 164 Å². The third-order valence-corrected chi connectivity index (χ3v) is 5.23. The topological polar surface area (TPSA) is 66.4 Å². The van der Waals surface area contributed by atoms with Crippen molar-refractivity contribution in [1.29, 1.82) is 0 Å². The molecule has 2 unspecified atom stereocenters. The first kappa shape index (κ1) is 23.0. The molecule has 1 saturated heterocycles. The van der Waals surface area contributed by atoms with E-state index in [0.717, 1.165) is 38.5 Å². The number of hydrogen-bond donors (Lipinski definition) is 1. The Kier molecular flexibility index (Phi) is 9.45. The average Bonchev–Trinajstić information content (AvgIpc) is 2.95. The Bertz CT molecular complexity index is 415. The van der Waals surface area contributed by atoms with Gasteiger partial charge in [-0.25, -0.2) is 0 Å². The molecule has 1 heterocycles. The van der Waals surface area contributed by atoms with Crippen molar-refractivity contribution >= 4 is 0 Å². The molecule has 0 spiro atoms. The minimum absolute atomic E-state index is 0.307. The second-order valence-corrected chi connectivity index (χ2v) is 8.12. The molecular weight excluding hydrogens is 348 g/mol. The maximum absolute atomic E-state index is 11.1. The highest BCUT2D eigenvalue weighted by Crippen LogP contribution is 2.40. The van der Waals surface area contributed by atoms with E-state index in [1.54, 1.807) is 0 Å². The number of rotatable bonds is 12. The maximum atomic E-state index is 11.1. The molecule has 6 heteroatoms. The smallest absolute Gasteiger partial charge is 0.164 e. The SMILES string of the molecule is CCCCOC1[C@@H](OCCCC)[C@H](O)C(OCCCC)[C@@H]2OC(C)(C)O[C@H]12. The summed E-state index contributed by atoms with van der Waals surface area (Å²) in [6.45, 7) is 12.0. The monoisotopic (exact) mass is 388 g/mol. The summed E-state index contributed by atoms with van der Waals surface area (Å²) in [4.78, 5) is 0. The van der Waals surface area contributed by atoms with Crippen LogP contribution in [-0.4, -0.2) is 67.3 Å². The molecule has 0 aromatic heterocycles. The fourth-order valence-electron chi connectivity index (χ4n) is 3.76. The first-order valence-electron chi connectivity index (χ1n) is 10.8. The van der Waals surface area contributed by atoms with Crippen LogP contribution in [0, 0.1) is 0 Å². The lowest BCUT2D eigenvalue weighted by molar-refractivity contribution is -0.232. The lowest BCUT2D eigenvalue weighted by atomic mass is 9.84. The molecular formula is C21H40O6. The maximum Gasteiger partial charge on any atom is 0.164 e. The van der Waals surface area contributed by atoms with Gasteiger partial charge in [-0.05, 0) is 33.1 Å². The van der Waals surface area contributed by atoms with Crippen molar-refractivity contribution in [2.24, 2.45) is 0 Å². The summed E-state index contributed by atoms with van der Waals surface area (Å²) in [7, 11) is 0. The largest absolute Gasteiger partial charge is 0.387 e. The molecule has 0 aromatic carbocycles. The van der Waals surface area contributed by atoms with Crippen LogP contribution in [0.3, 0.4) is 0 Å². The van der Waals surface area contributed by atoms with Gasteiger partial charge >= 0.3 is 0 Å². The quantitative estimate of drug-likeness (QED) is 0.517. The first-order valence-corrected chi connectivity index (χ1v) is 10.8. The van der Waals surface area contributed by atoms with Gasteiger partial charge in [0, 0.05) is 19.8 Å².